The molecule has 0 aliphatic rings. The molecule has 0 saturated heterocycles. The van der Waals surface area contributed by atoms with Crippen molar-refractivity contribution in [1.29, 1.82) is 0 Å². The number of rotatable bonds is 20. The number of H-pyrrole nitrogens is 1. The fraction of sp³-hybridized carbons (Fsp3) is 0.116. The fourth-order valence-electron chi connectivity index (χ4n) is 18.0. The van der Waals surface area contributed by atoms with Crippen molar-refractivity contribution in [2.24, 2.45) is 0 Å². The minimum absolute atomic E-state index is 0.0982. The maximum absolute atomic E-state index is 14.5. The first-order valence-electron chi connectivity index (χ1n) is 46.6. The Hall–Kier alpha value is -18.3. The van der Waals surface area contributed by atoms with Gasteiger partial charge >= 0.3 is 0 Å². The van der Waals surface area contributed by atoms with Crippen molar-refractivity contribution in [1.82, 2.24) is 98.0 Å². The van der Waals surface area contributed by atoms with Crippen molar-refractivity contribution in [2.45, 2.75) is 72.6 Å². The van der Waals surface area contributed by atoms with E-state index in [4.69, 9.17) is 23.2 Å². The van der Waals surface area contributed by atoms with E-state index in [-0.39, 0.29) is 46.4 Å². The van der Waals surface area contributed by atoms with Crippen molar-refractivity contribution in [2.75, 3.05) is 46.0 Å². The Balaban J connectivity index is 0.000000118. The molecule has 0 amide bonds. The third kappa shape index (κ3) is 18.8. The zero-order valence-corrected chi connectivity index (χ0v) is 80.9. The van der Waals surface area contributed by atoms with Crippen LogP contribution in [0.1, 0.15) is 92.1 Å². The van der Waals surface area contributed by atoms with Crippen LogP contribution in [-0.4, -0.2) is 112 Å². The van der Waals surface area contributed by atoms with Gasteiger partial charge in [0, 0.05) is 126 Å². The van der Waals surface area contributed by atoms with E-state index < -0.39 is 0 Å². The number of hydrogen-bond acceptors (Lipinski definition) is 25. The maximum atomic E-state index is 14.5. The molecule has 15 aromatic heterocycles. The summed E-state index contributed by atoms with van der Waals surface area (Å²) in [5.74, 6) is 5.34. The summed E-state index contributed by atoms with van der Waals surface area (Å²) < 4.78 is 6.95. The zero-order chi connectivity index (χ0) is 99.3. The van der Waals surface area contributed by atoms with Gasteiger partial charge in [0.2, 0.25) is 11.9 Å². The second-order valence-electron chi connectivity index (χ2n) is 34.3. The van der Waals surface area contributed by atoms with Crippen molar-refractivity contribution < 1.29 is 0 Å². The number of nitrogens with one attached hydrogen (secondary N) is 7. The zero-order valence-electron chi connectivity index (χ0n) is 79.4. The van der Waals surface area contributed by atoms with Crippen molar-refractivity contribution in [3.63, 3.8) is 0 Å². The maximum Gasteiger partial charge on any atom is 0.264 e. The highest BCUT2D eigenvalue weighted by Gasteiger charge is 2.28. The van der Waals surface area contributed by atoms with Gasteiger partial charge in [0.25, 0.3) is 22.2 Å². The molecule has 4 atom stereocenters. The van der Waals surface area contributed by atoms with Crippen LogP contribution in [0.25, 0.3) is 143 Å². The van der Waals surface area contributed by atoms with Crippen LogP contribution in [0.2, 0.25) is 10.0 Å². The van der Waals surface area contributed by atoms with Crippen LogP contribution < -0.4 is 54.1 Å². The Bertz CT molecular complexity index is 9100. The molecule has 7 N–H and O–H groups in total. The fourth-order valence-corrected chi connectivity index (χ4v) is 18.6. The molecule has 0 aliphatic carbocycles. The van der Waals surface area contributed by atoms with Crippen molar-refractivity contribution in [3.8, 4) is 45.0 Å². The first kappa shape index (κ1) is 93.4. The van der Waals surface area contributed by atoms with Gasteiger partial charge in [-0.1, -0.05) is 157 Å². The Morgan fingerprint density at radius 3 is 0.958 bits per heavy atom. The highest BCUT2D eigenvalue weighted by Crippen LogP contribution is 2.38. The quantitative estimate of drug-likeness (QED) is 0.0373. The number of pyridine rings is 9. The molecule has 30 nitrogen and oxygen atoms in total. The van der Waals surface area contributed by atoms with Gasteiger partial charge in [-0.2, -0.15) is 9.97 Å². The number of para-hydroxylation sites is 4. The summed E-state index contributed by atoms with van der Waals surface area (Å²) in [5, 5.41) is 27.3. The van der Waals surface area contributed by atoms with Gasteiger partial charge in [-0.3, -0.25) is 57.4 Å². The largest absolute Gasteiger partial charge is 0.360 e. The number of aromatic nitrogens is 20. The van der Waals surface area contributed by atoms with Crippen LogP contribution in [0.5, 0.6) is 0 Å². The molecule has 0 fully saturated rings. The van der Waals surface area contributed by atoms with Gasteiger partial charge in [0.15, 0.2) is 23.3 Å². The molecule has 144 heavy (non-hydrogen) atoms. The number of aromatic amines is 1. The smallest absolute Gasteiger partial charge is 0.264 e. The summed E-state index contributed by atoms with van der Waals surface area (Å²) in [7, 11) is 3.54. The summed E-state index contributed by atoms with van der Waals surface area (Å²) >= 11 is 12.8. The first-order valence-corrected chi connectivity index (χ1v) is 47.3. The lowest BCUT2D eigenvalue weighted by Crippen LogP contribution is -2.26. The molecular formula is C112H92Cl2N26O4. The van der Waals surface area contributed by atoms with Crippen LogP contribution in [-0.2, 0) is 0 Å². The monoisotopic (exact) mass is 1930 g/mol. The molecular weight excluding hydrogens is 1840 g/mol. The molecule has 0 saturated carbocycles. The minimum atomic E-state index is -0.307. The van der Waals surface area contributed by atoms with Gasteiger partial charge in [-0.05, 0) is 227 Å². The van der Waals surface area contributed by atoms with E-state index >= 15 is 0 Å². The molecule has 32 heteroatoms. The lowest BCUT2D eigenvalue weighted by Gasteiger charge is -2.22. The van der Waals surface area contributed by atoms with E-state index in [0.717, 1.165) is 122 Å². The number of benzene rings is 8. The van der Waals surface area contributed by atoms with Gasteiger partial charge < -0.3 is 36.9 Å². The van der Waals surface area contributed by atoms with Crippen LogP contribution in [0, 0.1) is 20.8 Å². The summed E-state index contributed by atoms with van der Waals surface area (Å²) in [6, 6.07) is 87.3. The summed E-state index contributed by atoms with van der Waals surface area (Å²) in [6.07, 6.45) is 14.1. The lowest BCUT2D eigenvalue weighted by molar-refractivity contribution is 0.773. The highest BCUT2D eigenvalue weighted by molar-refractivity contribution is 6.36. The Morgan fingerprint density at radius 1 is 0.292 bits per heavy atom. The predicted octanol–water partition coefficient (Wildman–Crippen LogP) is 22.3. The minimum Gasteiger partial charge on any atom is -0.360 e. The van der Waals surface area contributed by atoms with Gasteiger partial charge in [-0.15, -0.1) is 0 Å². The highest BCUT2D eigenvalue weighted by atomic mass is 35.5. The van der Waals surface area contributed by atoms with E-state index in [1.54, 1.807) is 81.7 Å². The Labute approximate surface area is 833 Å². The van der Waals surface area contributed by atoms with Gasteiger partial charge in [0.05, 0.1) is 77.8 Å². The molecule has 0 spiro atoms. The van der Waals surface area contributed by atoms with Gasteiger partial charge in [0.1, 0.15) is 45.2 Å². The molecule has 0 unspecified atom stereocenters. The van der Waals surface area contributed by atoms with Crippen molar-refractivity contribution in [3.05, 3.63) is 420 Å². The average molecular weight is 1940 g/mol. The third-order valence-electron chi connectivity index (χ3n) is 24.7. The number of aryl methyl sites for hydroxylation is 3. The molecule has 8 aromatic carbocycles. The van der Waals surface area contributed by atoms with Crippen LogP contribution in [0.3, 0.4) is 0 Å². The second-order valence-corrected chi connectivity index (χ2v) is 35.1. The Kier molecular flexibility index (Phi) is 26.3. The first-order chi connectivity index (χ1) is 70.2. The summed E-state index contributed by atoms with van der Waals surface area (Å²) in [6.45, 7) is 13.6. The van der Waals surface area contributed by atoms with E-state index in [0.29, 0.717) is 106 Å². The SMILES string of the molecule is CNc1nc(N[C@@H](C)c2cc3cccc(-c4cnc(C)nc4)c3c(=O)n2-c2ccccc2)c2ncccc2n1.CNc1nc(N[C@@H](C)c2cc3cccc(Cl)c3c(=O)n2-c2ccccc2)c2ncccc2n1.Cc1nc(N[C@@H](C)c2cc3cccc(-c4cnc5[nH]ccc5c4)c3c(=O)n2-c2ccccc2)c2ncccc2n1.Cc1nc(N[C@@H](C)c2cc3cccc(Cl)c3c(=O)n2-c2ccccc2)c2ncccc2n1. The molecule has 15 heterocycles. The number of hydrogen-bond donors (Lipinski definition) is 7. The third-order valence-corrected chi connectivity index (χ3v) is 25.4. The number of fused-ring (bicyclic) bond motifs is 9. The summed E-state index contributed by atoms with van der Waals surface area (Å²) in [4.78, 5) is 127. The van der Waals surface area contributed by atoms with Crippen LogP contribution in [0.15, 0.2) is 348 Å². The molecule has 23 rings (SSSR count). The number of halogens is 2. The number of nitrogens with zero attached hydrogens (tertiary/aromatic N) is 19. The van der Waals surface area contributed by atoms with E-state index in [9.17, 15) is 19.2 Å². The van der Waals surface area contributed by atoms with E-state index in [2.05, 4.69) is 130 Å². The Morgan fingerprint density at radius 2 is 0.604 bits per heavy atom. The van der Waals surface area contributed by atoms with E-state index in [1.807, 2.05) is 310 Å². The van der Waals surface area contributed by atoms with E-state index in [1.165, 1.54) is 0 Å². The topological polar surface area (TPSA) is 369 Å². The van der Waals surface area contributed by atoms with Gasteiger partial charge in [-0.25, -0.2) is 44.9 Å². The molecule has 23 aromatic rings. The van der Waals surface area contributed by atoms with Crippen molar-refractivity contribution >= 4 is 157 Å². The lowest BCUT2D eigenvalue weighted by atomic mass is 9.98. The molecule has 0 bridgehead atoms. The summed E-state index contributed by atoms with van der Waals surface area (Å²) in [5.41, 5.74) is 15.4. The van der Waals surface area contributed by atoms with Crippen LogP contribution in [0.4, 0.5) is 35.2 Å². The molecule has 0 radical (unpaired) electrons. The molecule has 708 valence electrons. The number of anilines is 6. The normalized spacial score (nSPS) is 12.1. The second kappa shape index (κ2) is 40.6. The van der Waals surface area contributed by atoms with Crippen LogP contribution >= 0.6 is 23.2 Å². The average Bonchev–Trinajstić information content (AvgIpc) is 0.783. The molecule has 0 aliphatic heterocycles. The standard InChI is InChI=1S/C32H25N7O.C30H26N8O.C25H21ClN6O.C25H20ClN5O/c1-19(36-31-29-26(12-7-14-33-29)37-20(2)38-31)27-17-21-8-6-11-25(23-16-22-13-15-34-30(22)35-18-23)28(21)32(40)39(27)24-9-4-3-5-10-24;1-18(35-28-27-24(13-8-14-32-27)36-30(31-3)37-28)25-15-20-9-7-12-23(21-16-33-19(2)34-17-21)26(20)29(39)38(25)22-10-5-4-6-11-22;1-15(29-23-22-19(12-7-13-28-22)30-25(27-2)31-23)20-14-16-8-6-11-18(26)21(16)24(33)32(20)17-9-4-3-5-10-17;1-15(28-24-23-20(12-7-13-27-23)29-16(2)30-24)21-14-17-8-6-11-19(26)22(17)25(32)31(21)18-9-4-3-5-10-18/h3-19H,1-2H3,(H,34,35)(H,36,37,38);4-18H,1-3H3,(H2,31,35,36,37);3-15H,1-2H3,(H2,27,29,30,31);3-15H,1-2H3,(H,28,29,30)/t19-;18-;2*15-/m0000/s1. The predicted molar refractivity (Wildman–Crippen MR) is 575 cm³/mol.